The summed E-state index contributed by atoms with van der Waals surface area (Å²) < 4.78 is 7.10. The minimum Gasteiger partial charge on any atom is -0.489 e. The van der Waals surface area contributed by atoms with E-state index in [4.69, 9.17) is 4.74 Å². The van der Waals surface area contributed by atoms with E-state index in [1.807, 2.05) is 30.3 Å². The predicted octanol–water partition coefficient (Wildman–Crippen LogP) is 5.09. The van der Waals surface area contributed by atoms with Crippen molar-refractivity contribution in [1.29, 1.82) is 0 Å². The van der Waals surface area contributed by atoms with Crippen LogP contribution in [0.25, 0.3) is 0 Å². The Kier molecular flexibility index (Phi) is 6.27. The molecule has 0 fully saturated rings. The molecule has 1 atom stereocenters. The maximum atomic E-state index is 6.02. The molecule has 21 heavy (non-hydrogen) atoms. The van der Waals surface area contributed by atoms with Gasteiger partial charge in [-0.15, -0.1) is 0 Å². The van der Waals surface area contributed by atoms with Crippen LogP contribution in [0, 0.1) is 0 Å². The zero-order valence-electron chi connectivity index (χ0n) is 12.6. The summed E-state index contributed by atoms with van der Waals surface area (Å²) in [5, 5.41) is 3.51. The van der Waals surface area contributed by atoms with Gasteiger partial charge in [0, 0.05) is 16.1 Å². The standard InChI is InChI=1S/C18H22BrNO/c1-3-11-20-14(2)17-12-16(19)9-10-18(17)21-13-15-7-5-4-6-8-15/h4-10,12,14,20H,3,11,13H2,1-2H3. The molecule has 0 amide bonds. The lowest BCUT2D eigenvalue weighted by Crippen LogP contribution is -2.20. The molecule has 2 aromatic rings. The van der Waals surface area contributed by atoms with Crippen molar-refractivity contribution >= 4 is 15.9 Å². The average molecular weight is 348 g/mol. The first kappa shape index (κ1) is 16.1. The van der Waals surface area contributed by atoms with Gasteiger partial charge in [0.05, 0.1) is 0 Å². The van der Waals surface area contributed by atoms with Crippen LogP contribution in [0.3, 0.4) is 0 Å². The van der Waals surface area contributed by atoms with Crippen molar-refractivity contribution in [3.8, 4) is 5.75 Å². The molecule has 0 saturated carbocycles. The van der Waals surface area contributed by atoms with E-state index in [2.05, 4.69) is 53.3 Å². The van der Waals surface area contributed by atoms with E-state index < -0.39 is 0 Å². The Bertz CT molecular complexity index is 556. The number of hydrogen-bond donors (Lipinski definition) is 1. The molecular weight excluding hydrogens is 326 g/mol. The highest BCUT2D eigenvalue weighted by Crippen LogP contribution is 2.29. The highest BCUT2D eigenvalue weighted by molar-refractivity contribution is 9.10. The summed E-state index contributed by atoms with van der Waals surface area (Å²) in [6.45, 7) is 5.95. The number of hydrogen-bond acceptors (Lipinski definition) is 2. The molecular formula is C18H22BrNO. The molecule has 2 rings (SSSR count). The summed E-state index contributed by atoms with van der Waals surface area (Å²) in [6.07, 6.45) is 1.12. The number of benzene rings is 2. The Morgan fingerprint density at radius 1 is 1.14 bits per heavy atom. The second-order valence-electron chi connectivity index (χ2n) is 5.13. The summed E-state index contributed by atoms with van der Waals surface area (Å²) in [6, 6.07) is 16.7. The molecule has 0 aliphatic heterocycles. The molecule has 2 aromatic carbocycles. The van der Waals surface area contributed by atoms with Crippen molar-refractivity contribution in [1.82, 2.24) is 5.32 Å². The van der Waals surface area contributed by atoms with Gasteiger partial charge < -0.3 is 10.1 Å². The molecule has 1 unspecified atom stereocenters. The van der Waals surface area contributed by atoms with Gasteiger partial charge in [-0.05, 0) is 43.7 Å². The van der Waals surface area contributed by atoms with Crippen LogP contribution in [-0.2, 0) is 6.61 Å². The van der Waals surface area contributed by atoms with E-state index in [0.717, 1.165) is 23.2 Å². The Hall–Kier alpha value is -1.32. The van der Waals surface area contributed by atoms with Crippen molar-refractivity contribution in [3.05, 3.63) is 64.1 Å². The van der Waals surface area contributed by atoms with Crippen molar-refractivity contribution in [2.45, 2.75) is 32.9 Å². The number of rotatable bonds is 7. The largest absolute Gasteiger partial charge is 0.489 e. The van der Waals surface area contributed by atoms with E-state index in [9.17, 15) is 0 Å². The molecule has 0 aromatic heterocycles. The first-order valence-corrected chi connectivity index (χ1v) is 8.19. The molecule has 0 heterocycles. The summed E-state index contributed by atoms with van der Waals surface area (Å²) >= 11 is 3.55. The Labute approximate surface area is 135 Å². The molecule has 0 aliphatic carbocycles. The molecule has 0 spiro atoms. The second kappa shape index (κ2) is 8.20. The van der Waals surface area contributed by atoms with Crippen LogP contribution in [0.4, 0.5) is 0 Å². The summed E-state index contributed by atoms with van der Waals surface area (Å²) in [5.41, 5.74) is 2.37. The molecule has 0 radical (unpaired) electrons. The van der Waals surface area contributed by atoms with Gasteiger partial charge in [0.1, 0.15) is 12.4 Å². The molecule has 1 N–H and O–H groups in total. The van der Waals surface area contributed by atoms with Crippen LogP contribution < -0.4 is 10.1 Å². The zero-order valence-corrected chi connectivity index (χ0v) is 14.2. The van der Waals surface area contributed by atoms with Crippen molar-refractivity contribution < 1.29 is 4.74 Å². The fourth-order valence-electron chi connectivity index (χ4n) is 2.20. The summed E-state index contributed by atoms with van der Waals surface area (Å²) in [4.78, 5) is 0. The zero-order chi connectivity index (χ0) is 15.1. The lowest BCUT2D eigenvalue weighted by atomic mass is 10.1. The highest BCUT2D eigenvalue weighted by Gasteiger charge is 2.12. The number of nitrogens with one attached hydrogen (secondary N) is 1. The van der Waals surface area contributed by atoms with Gasteiger partial charge in [-0.3, -0.25) is 0 Å². The third-order valence-corrected chi connectivity index (χ3v) is 3.87. The average Bonchev–Trinajstić information content (AvgIpc) is 2.52. The van der Waals surface area contributed by atoms with E-state index >= 15 is 0 Å². The maximum absolute atomic E-state index is 6.02. The normalized spacial score (nSPS) is 12.1. The molecule has 112 valence electrons. The van der Waals surface area contributed by atoms with Gasteiger partial charge in [-0.25, -0.2) is 0 Å². The fourth-order valence-corrected chi connectivity index (χ4v) is 2.57. The third kappa shape index (κ3) is 4.87. The number of halogens is 1. The van der Waals surface area contributed by atoms with Crippen molar-refractivity contribution in [2.75, 3.05) is 6.54 Å². The van der Waals surface area contributed by atoms with Crippen LogP contribution in [0.2, 0.25) is 0 Å². The van der Waals surface area contributed by atoms with Crippen molar-refractivity contribution in [3.63, 3.8) is 0 Å². The second-order valence-corrected chi connectivity index (χ2v) is 6.05. The molecule has 0 saturated heterocycles. The lowest BCUT2D eigenvalue weighted by molar-refractivity contribution is 0.299. The lowest BCUT2D eigenvalue weighted by Gasteiger charge is -2.18. The van der Waals surface area contributed by atoms with Gasteiger partial charge in [0.2, 0.25) is 0 Å². The minimum atomic E-state index is 0.272. The van der Waals surface area contributed by atoms with E-state index in [0.29, 0.717) is 6.61 Å². The van der Waals surface area contributed by atoms with Gasteiger partial charge in [-0.1, -0.05) is 53.2 Å². The first-order valence-electron chi connectivity index (χ1n) is 7.40. The van der Waals surface area contributed by atoms with Gasteiger partial charge in [0.25, 0.3) is 0 Å². The smallest absolute Gasteiger partial charge is 0.124 e. The van der Waals surface area contributed by atoms with Crippen LogP contribution in [0.5, 0.6) is 5.75 Å². The molecule has 2 nitrogen and oxygen atoms in total. The Morgan fingerprint density at radius 3 is 2.62 bits per heavy atom. The highest BCUT2D eigenvalue weighted by atomic mass is 79.9. The van der Waals surface area contributed by atoms with Crippen LogP contribution in [0.15, 0.2) is 53.0 Å². The minimum absolute atomic E-state index is 0.272. The summed E-state index contributed by atoms with van der Waals surface area (Å²) in [5.74, 6) is 0.943. The van der Waals surface area contributed by atoms with E-state index in [1.165, 1.54) is 11.1 Å². The summed E-state index contributed by atoms with van der Waals surface area (Å²) in [7, 11) is 0. The van der Waals surface area contributed by atoms with Crippen LogP contribution in [0.1, 0.15) is 37.4 Å². The molecule has 3 heteroatoms. The van der Waals surface area contributed by atoms with Gasteiger partial charge in [-0.2, -0.15) is 0 Å². The maximum Gasteiger partial charge on any atom is 0.124 e. The predicted molar refractivity (Wildman–Crippen MR) is 91.6 cm³/mol. The van der Waals surface area contributed by atoms with Crippen LogP contribution >= 0.6 is 15.9 Å². The molecule has 0 bridgehead atoms. The molecule has 0 aliphatic rings. The quantitative estimate of drug-likeness (QED) is 0.753. The topological polar surface area (TPSA) is 21.3 Å². The SMILES string of the molecule is CCCNC(C)c1cc(Br)ccc1OCc1ccccc1. The number of ether oxygens (including phenoxy) is 1. The van der Waals surface area contributed by atoms with Crippen LogP contribution in [-0.4, -0.2) is 6.54 Å². The van der Waals surface area contributed by atoms with Gasteiger partial charge in [0.15, 0.2) is 0 Å². The monoisotopic (exact) mass is 347 g/mol. The fraction of sp³-hybridized carbons (Fsp3) is 0.333. The Balaban J connectivity index is 2.11. The van der Waals surface area contributed by atoms with E-state index in [1.54, 1.807) is 0 Å². The van der Waals surface area contributed by atoms with Crippen molar-refractivity contribution in [2.24, 2.45) is 0 Å². The first-order chi connectivity index (χ1) is 10.2. The van der Waals surface area contributed by atoms with E-state index in [-0.39, 0.29) is 6.04 Å². The Morgan fingerprint density at radius 2 is 1.90 bits per heavy atom. The third-order valence-electron chi connectivity index (χ3n) is 3.38. The van der Waals surface area contributed by atoms with Gasteiger partial charge >= 0.3 is 0 Å².